The second kappa shape index (κ2) is 6.55. The smallest absolute Gasteiger partial charge is 0.269 e. The molecule has 0 spiro atoms. The lowest BCUT2D eigenvalue weighted by Crippen LogP contribution is -2.20. The normalized spacial score (nSPS) is 9.90. The molecule has 1 aromatic carbocycles. The predicted octanol–water partition coefficient (Wildman–Crippen LogP) is -0.0133. The molecule has 1 rings (SSSR count). The minimum atomic E-state index is -1.06. The minimum Gasteiger partial charge on any atom is -0.506 e. The highest BCUT2D eigenvalue weighted by atomic mass is 16.6. The molecule has 0 aliphatic rings. The van der Waals surface area contributed by atoms with Gasteiger partial charge in [0.25, 0.3) is 5.69 Å². The Labute approximate surface area is 112 Å². The standard InChI is InChI=1S/C12H11NO7/c14-5-9(16)11(10(17)6-15)12(18)7-1-3-8(4-2-7)13(19)20/h1-4,14-15,18H,5-6H2. The maximum atomic E-state index is 11.4. The summed E-state index contributed by atoms with van der Waals surface area (Å²) in [5.41, 5.74) is -0.997. The molecule has 0 aliphatic heterocycles. The van der Waals surface area contributed by atoms with Gasteiger partial charge in [0.15, 0.2) is 11.6 Å². The summed E-state index contributed by atoms with van der Waals surface area (Å²) in [6, 6.07) is 4.44. The van der Waals surface area contributed by atoms with Crippen LogP contribution in [0.2, 0.25) is 0 Å². The second-order valence-corrected chi connectivity index (χ2v) is 3.69. The van der Waals surface area contributed by atoms with Crippen LogP contribution < -0.4 is 0 Å². The molecule has 0 bridgehead atoms. The number of non-ortho nitro benzene ring substituents is 1. The summed E-state index contributed by atoms with van der Waals surface area (Å²) < 4.78 is 0. The van der Waals surface area contributed by atoms with Crippen LogP contribution in [-0.2, 0) is 9.59 Å². The highest BCUT2D eigenvalue weighted by Gasteiger charge is 2.23. The molecule has 20 heavy (non-hydrogen) atoms. The van der Waals surface area contributed by atoms with E-state index in [9.17, 15) is 24.8 Å². The van der Waals surface area contributed by atoms with Crippen LogP contribution in [0, 0.1) is 10.1 Å². The third-order valence-electron chi connectivity index (χ3n) is 2.43. The van der Waals surface area contributed by atoms with E-state index in [1.165, 1.54) is 0 Å². The van der Waals surface area contributed by atoms with Crippen LogP contribution in [0.4, 0.5) is 5.69 Å². The molecule has 8 heteroatoms. The van der Waals surface area contributed by atoms with Crippen LogP contribution >= 0.6 is 0 Å². The molecule has 0 amide bonds. The Bertz CT molecular complexity index is 556. The van der Waals surface area contributed by atoms with Gasteiger partial charge in [0.05, 0.1) is 4.92 Å². The van der Waals surface area contributed by atoms with Crippen LogP contribution in [0.1, 0.15) is 5.56 Å². The Hall–Kier alpha value is -2.58. The molecule has 0 aromatic heterocycles. The lowest BCUT2D eigenvalue weighted by Gasteiger charge is -2.07. The zero-order valence-electron chi connectivity index (χ0n) is 10.1. The van der Waals surface area contributed by atoms with Crippen molar-refractivity contribution in [2.75, 3.05) is 13.2 Å². The van der Waals surface area contributed by atoms with Gasteiger partial charge in [-0.3, -0.25) is 19.7 Å². The first-order chi connectivity index (χ1) is 9.42. The Morgan fingerprint density at radius 2 is 1.50 bits per heavy atom. The number of rotatable bonds is 6. The molecular weight excluding hydrogens is 270 g/mol. The van der Waals surface area contributed by atoms with Gasteiger partial charge in [-0.25, -0.2) is 0 Å². The fourth-order valence-electron chi connectivity index (χ4n) is 1.46. The molecule has 0 unspecified atom stereocenters. The molecule has 0 atom stereocenters. The van der Waals surface area contributed by atoms with Gasteiger partial charge in [-0.05, 0) is 12.1 Å². The number of carbonyl (C=O) groups excluding carboxylic acids is 2. The monoisotopic (exact) mass is 281 g/mol. The summed E-state index contributed by atoms with van der Waals surface area (Å²) in [5.74, 6) is -2.86. The molecule has 0 saturated carbocycles. The number of ketones is 2. The average Bonchev–Trinajstić information content (AvgIpc) is 2.46. The number of benzene rings is 1. The Kier molecular flexibility index (Phi) is 5.07. The summed E-state index contributed by atoms with van der Waals surface area (Å²) in [7, 11) is 0. The van der Waals surface area contributed by atoms with E-state index in [-0.39, 0.29) is 11.3 Å². The first-order valence-corrected chi connectivity index (χ1v) is 5.38. The van der Waals surface area contributed by atoms with Crippen molar-refractivity contribution in [2.24, 2.45) is 0 Å². The molecule has 0 saturated heterocycles. The third-order valence-corrected chi connectivity index (χ3v) is 2.43. The number of Topliss-reactive ketones (excluding diaryl/α,β-unsaturated/α-hetero) is 2. The second-order valence-electron chi connectivity index (χ2n) is 3.69. The van der Waals surface area contributed by atoms with Crippen LogP contribution in [0.3, 0.4) is 0 Å². The molecule has 0 aliphatic carbocycles. The van der Waals surface area contributed by atoms with Crippen molar-refractivity contribution in [1.82, 2.24) is 0 Å². The topological polar surface area (TPSA) is 138 Å². The van der Waals surface area contributed by atoms with Crippen LogP contribution in [0.25, 0.3) is 5.76 Å². The van der Waals surface area contributed by atoms with Gasteiger partial charge in [-0.1, -0.05) is 0 Å². The number of nitro groups is 1. The lowest BCUT2D eigenvalue weighted by molar-refractivity contribution is -0.384. The van der Waals surface area contributed by atoms with Gasteiger partial charge in [0.2, 0.25) is 0 Å². The van der Waals surface area contributed by atoms with E-state index in [0.717, 1.165) is 24.3 Å². The fraction of sp³-hybridized carbons (Fsp3) is 0.167. The van der Waals surface area contributed by atoms with Crippen molar-refractivity contribution in [2.45, 2.75) is 0 Å². The molecule has 0 fully saturated rings. The maximum Gasteiger partial charge on any atom is 0.269 e. The Morgan fingerprint density at radius 3 is 1.85 bits per heavy atom. The molecule has 3 N–H and O–H groups in total. The van der Waals surface area contributed by atoms with E-state index in [1.54, 1.807) is 0 Å². The van der Waals surface area contributed by atoms with Gasteiger partial charge >= 0.3 is 0 Å². The van der Waals surface area contributed by atoms with Crippen molar-refractivity contribution in [3.63, 3.8) is 0 Å². The van der Waals surface area contributed by atoms with Crippen molar-refractivity contribution in [1.29, 1.82) is 0 Å². The third kappa shape index (κ3) is 3.25. The highest BCUT2D eigenvalue weighted by Crippen LogP contribution is 2.20. The Morgan fingerprint density at radius 1 is 1.05 bits per heavy atom. The number of carbonyl (C=O) groups is 2. The molecule has 0 radical (unpaired) electrons. The fourth-order valence-corrected chi connectivity index (χ4v) is 1.46. The van der Waals surface area contributed by atoms with E-state index in [2.05, 4.69) is 0 Å². The summed E-state index contributed by atoms with van der Waals surface area (Å²) in [6.45, 7) is -2.03. The van der Waals surface area contributed by atoms with E-state index in [1.807, 2.05) is 0 Å². The number of aliphatic hydroxyl groups excluding tert-OH is 3. The van der Waals surface area contributed by atoms with Gasteiger partial charge in [0.1, 0.15) is 24.5 Å². The zero-order valence-corrected chi connectivity index (χ0v) is 10.1. The summed E-state index contributed by atoms with van der Waals surface area (Å²) >= 11 is 0. The van der Waals surface area contributed by atoms with Gasteiger partial charge < -0.3 is 15.3 Å². The molecule has 106 valence electrons. The molecule has 0 heterocycles. The van der Waals surface area contributed by atoms with Crippen LogP contribution in [-0.4, -0.2) is 45.0 Å². The van der Waals surface area contributed by atoms with E-state index in [0.29, 0.717) is 0 Å². The van der Waals surface area contributed by atoms with Crippen molar-refractivity contribution in [3.05, 3.63) is 45.5 Å². The van der Waals surface area contributed by atoms with Crippen LogP contribution in [0.15, 0.2) is 29.8 Å². The van der Waals surface area contributed by atoms with Crippen LogP contribution in [0.5, 0.6) is 0 Å². The first kappa shape index (κ1) is 15.5. The largest absolute Gasteiger partial charge is 0.506 e. The minimum absolute atomic E-state index is 0.0193. The molecule has 1 aromatic rings. The SMILES string of the molecule is O=C(CO)C(C(=O)CO)=C(O)c1ccc([N+](=O)[O-])cc1. The zero-order chi connectivity index (χ0) is 15.3. The van der Waals surface area contributed by atoms with Gasteiger partial charge in [-0.2, -0.15) is 0 Å². The number of hydrogen-bond acceptors (Lipinski definition) is 7. The average molecular weight is 281 g/mol. The van der Waals surface area contributed by atoms with Crippen molar-refractivity contribution < 1.29 is 29.8 Å². The van der Waals surface area contributed by atoms with E-state index >= 15 is 0 Å². The molecular formula is C12H11NO7. The van der Waals surface area contributed by atoms with E-state index < -0.39 is 41.0 Å². The van der Waals surface area contributed by atoms with Gasteiger partial charge in [0, 0.05) is 17.7 Å². The van der Waals surface area contributed by atoms with Crippen molar-refractivity contribution in [3.8, 4) is 0 Å². The van der Waals surface area contributed by atoms with E-state index in [4.69, 9.17) is 10.2 Å². The maximum absolute atomic E-state index is 11.4. The number of aliphatic hydroxyl groups is 3. The quantitative estimate of drug-likeness (QED) is 0.166. The summed E-state index contributed by atoms with van der Waals surface area (Å²) in [6.07, 6.45) is 0. The molecule has 8 nitrogen and oxygen atoms in total. The van der Waals surface area contributed by atoms with Crippen molar-refractivity contribution >= 4 is 23.0 Å². The number of hydrogen-bond donors (Lipinski definition) is 3. The lowest BCUT2D eigenvalue weighted by atomic mass is 10.0. The number of nitro benzene ring substituents is 1. The summed E-state index contributed by atoms with van der Waals surface area (Å²) in [4.78, 5) is 32.6. The predicted molar refractivity (Wildman–Crippen MR) is 66.8 cm³/mol. The van der Waals surface area contributed by atoms with Gasteiger partial charge in [-0.15, -0.1) is 0 Å². The number of nitrogens with zero attached hydrogens (tertiary/aromatic N) is 1. The highest BCUT2D eigenvalue weighted by molar-refractivity contribution is 6.25. The Balaban J connectivity index is 3.31. The summed E-state index contributed by atoms with van der Waals surface area (Å²) in [5, 5.41) is 37.8. The first-order valence-electron chi connectivity index (χ1n) is 5.38.